The van der Waals surface area contributed by atoms with Crippen LogP contribution in [-0.4, -0.2) is 38.8 Å². The lowest BCUT2D eigenvalue weighted by atomic mass is 10.1. The third-order valence-corrected chi connectivity index (χ3v) is 6.61. The van der Waals surface area contributed by atoms with Gasteiger partial charge in [-0.2, -0.15) is 4.31 Å². The Morgan fingerprint density at radius 2 is 1.81 bits per heavy atom. The average Bonchev–Trinajstić information content (AvgIpc) is 2.64. The van der Waals surface area contributed by atoms with E-state index in [4.69, 9.17) is 16.3 Å². The monoisotopic (exact) mass is 410 g/mol. The SMILES string of the molecule is CCN(CC)S(=O)(=O)c1cc(NC(=O)c2ccccc2COC)ccc1Cl. The van der Waals surface area contributed by atoms with Crippen LogP contribution in [0.5, 0.6) is 0 Å². The Bertz CT molecular complexity index is 912. The lowest BCUT2D eigenvalue weighted by Crippen LogP contribution is -2.30. The normalized spacial score (nSPS) is 11.6. The van der Waals surface area contributed by atoms with Crippen LogP contribution in [0.3, 0.4) is 0 Å². The van der Waals surface area contributed by atoms with Crippen molar-refractivity contribution in [3.63, 3.8) is 0 Å². The highest BCUT2D eigenvalue weighted by atomic mass is 35.5. The number of halogens is 1. The summed E-state index contributed by atoms with van der Waals surface area (Å²) in [7, 11) is -2.19. The third kappa shape index (κ3) is 4.87. The third-order valence-electron chi connectivity index (χ3n) is 4.07. The minimum Gasteiger partial charge on any atom is -0.380 e. The van der Waals surface area contributed by atoms with Gasteiger partial charge < -0.3 is 10.1 Å². The van der Waals surface area contributed by atoms with Crippen molar-refractivity contribution in [3.8, 4) is 0 Å². The Kier molecular flexibility index (Phi) is 7.38. The van der Waals surface area contributed by atoms with Gasteiger partial charge in [-0.25, -0.2) is 8.42 Å². The van der Waals surface area contributed by atoms with E-state index < -0.39 is 10.0 Å². The summed E-state index contributed by atoms with van der Waals surface area (Å²) in [6, 6.07) is 11.5. The Morgan fingerprint density at radius 3 is 2.44 bits per heavy atom. The summed E-state index contributed by atoms with van der Waals surface area (Å²) in [6.07, 6.45) is 0. The van der Waals surface area contributed by atoms with Gasteiger partial charge in [0.05, 0.1) is 11.6 Å². The summed E-state index contributed by atoms with van der Waals surface area (Å²) in [5.74, 6) is -0.351. The van der Waals surface area contributed by atoms with Crippen molar-refractivity contribution >= 4 is 33.2 Å². The van der Waals surface area contributed by atoms with Crippen molar-refractivity contribution in [2.45, 2.75) is 25.3 Å². The number of ether oxygens (including phenoxy) is 1. The van der Waals surface area contributed by atoms with Crippen LogP contribution in [0, 0.1) is 0 Å². The maximum absolute atomic E-state index is 12.8. The maximum atomic E-state index is 12.8. The molecule has 2 rings (SSSR count). The van der Waals surface area contributed by atoms with Gasteiger partial charge in [0.25, 0.3) is 5.91 Å². The highest BCUT2D eigenvalue weighted by Crippen LogP contribution is 2.28. The van der Waals surface area contributed by atoms with Crippen LogP contribution >= 0.6 is 11.6 Å². The Labute approximate surface area is 165 Å². The standard InChI is InChI=1S/C19H23ClN2O4S/c1-4-22(5-2)27(24,25)18-12-15(10-11-17(18)20)21-19(23)16-9-7-6-8-14(16)13-26-3/h6-12H,4-5,13H2,1-3H3,(H,21,23). The van der Waals surface area contributed by atoms with Crippen LogP contribution in [0.4, 0.5) is 5.69 Å². The number of carbonyl (C=O) groups is 1. The molecule has 0 radical (unpaired) electrons. The van der Waals surface area contributed by atoms with Crippen LogP contribution in [0.2, 0.25) is 5.02 Å². The quantitative estimate of drug-likeness (QED) is 0.718. The molecule has 2 aromatic carbocycles. The van der Waals surface area contributed by atoms with E-state index in [9.17, 15) is 13.2 Å². The highest BCUT2D eigenvalue weighted by molar-refractivity contribution is 7.89. The minimum atomic E-state index is -3.74. The van der Waals surface area contributed by atoms with Crippen molar-refractivity contribution in [2.75, 3.05) is 25.5 Å². The zero-order chi connectivity index (χ0) is 20.0. The van der Waals surface area contributed by atoms with E-state index in [1.54, 1.807) is 45.2 Å². The lowest BCUT2D eigenvalue weighted by Gasteiger charge is -2.20. The predicted octanol–water partition coefficient (Wildman–Crippen LogP) is 3.77. The van der Waals surface area contributed by atoms with Gasteiger partial charge in [0.1, 0.15) is 4.90 Å². The molecular weight excluding hydrogens is 388 g/mol. The Balaban J connectivity index is 2.35. The van der Waals surface area contributed by atoms with Crippen LogP contribution in [0.1, 0.15) is 29.8 Å². The molecule has 0 saturated carbocycles. The summed E-state index contributed by atoms with van der Waals surface area (Å²) in [4.78, 5) is 12.6. The molecule has 8 heteroatoms. The van der Waals surface area contributed by atoms with E-state index in [0.717, 1.165) is 5.56 Å². The smallest absolute Gasteiger partial charge is 0.256 e. The van der Waals surface area contributed by atoms with Gasteiger partial charge in [-0.1, -0.05) is 43.6 Å². The first kappa shape index (κ1) is 21.4. The largest absolute Gasteiger partial charge is 0.380 e. The molecule has 1 N–H and O–H groups in total. The molecule has 0 unspecified atom stereocenters. The summed E-state index contributed by atoms with van der Waals surface area (Å²) < 4.78 is 32.0. The number of hydrogen-bond donors (Lipinski definition) is 1. The topological polar surface area (TPSA) is 75.7 Å². The number of anilines is 1. The fourth-order valence-corrected chi connectivity index (χ4v) is 4.66. The zero-order valence-electron chi connectivity index (χ0n) is 15.5. The molecule has 0 heterocycles. The number of rotatable bonds is 8. The first-order chi connectivity index (χ1) is 12.8. The van der Waals surface area contributed by atoms with E-state index >= 15 is 0 Å². The van der Waals surface area contributed by atoms with E-state index in [1.807, 2.05) is 6.07 Å². The number of carbonyl (C=O) groups excluding carboxylic acids is 1. The second-order valence-electron chi connectivity index (χ2n) is 5.78. The second kappa shape index (κ2) is 9.32. The Morgan fingerprint density at radius 1 is 1.15 bits per heavy atom. The molecule has 146 valence electrons. The highest BCUT2D eigenvalue weighted by Gasteiger charge is 2.25. The molecule has 0 aliphatic rings. The molecule has 6 nitrogen and oxygen atoms in total. The number of benzene rings is 2. The predicted molar refractivity (Wildman–Crippen MR) is 107 cm³/mol. The summed E-state index contributed by atoms with van der Waals surface area (Å²) in [6.45, 7) is 4.47. The van der Waals surface area contributed by atoms with Gasteiger partial charge in [0, 0.05) is 31.5 Å². The van der Waals surface area contributed by atoms with Crippen molar-refractivity contribution < 1.29 is 17.9 Å². The van der Waals surface area contributed by atoms with Gasteiger partial charge in [-0.3, -0.25) is 4.79 Å². The molecule has 0 saturated heterocycles. The fourth-order valence-electron chi connectivity index (χ4n) is 2.70. The summed E-state index contributed by atoms with van der Waals surface area (Å²) in [5.41, 5.74) is 1.55. The van der Waals surface area contributed by atoms with Crippen LogP contribution < -0.4 is 5.32 Å². The van der Waals surface area contributed by atoms with Crippen LogP contribution in [0.15, 0.2) is 47.4 Å². The van der Waals surface area contributed by atoms with E-state index in [-0.39, 0.29) is 15.8 Å². The molecule has 0 aliphatic heterocycles. The molecule has 27 heavy (non-hydrogen) atoms. The number of hydrogen-bond acceptors (Lipinski definition) is 4. The maximum Gasteiger partial charge on any atom is 0.256 e. The molecule has 0 aliphatic carbocycles. The molecule has 0 bridgehead atoms. The molecular formula is C19H23ClN2O4S. The van der Waals surface area contributed by atoms with Crippen molar-refractivity contribution in [2.24, 2.45) is 0 Å². The second-order valence-corrected chi connectivity index (χ2v) is 8.09. The zero-order valence-corrected chi connectivity index (χ0v) is 17.1. The van der Waals surface area contributed by atoms with Gasteiger partial charge in [-0.05, 0) is 29.8 Å². The van der Waals surface area contributed by atoms with E-state index in [2.05, 4.69) is 5.32 Å². The van der Waals surface area contributed by atoms with Crippen LogP contribution in [-0.2, 0) is 21.4 Å². The first-order valence-electron chi connectivity index (χ1n) is 8.53. The number of nitrogens with one attached hydrogen (secondary N) is 1. The van der Waals surface area contributed by atoms with Crippen molar-refractivity contribution in [3.05, 3.63) is 58.6 Å². The van der Waals surface area contributed by atoms with Crippen molar-refractivity contribution in [1.29, 1.82) is 0 Å². The average molecular weight is 411 g/mol. The fraction of sp³-hybridized carbons (Fsp3) is 0.316. The van der Waals surface area contributed by atoms with E-state index in [1.165, 1.54) is 16.4 Å². The number of amides is 1. The minimum absolute atomic E-state index is 0.0316. The number of nitrogens with zero attached hydrogens (tertiary/aromatic N) is 1. The van der Waals surface area contributed by atoms with Crippen LogP contribution in [0.25, 0.3) is 0 Å². The molecule has 1 amide bonds. The lowest BCUT2D eigenvalue weighted by molar-refractivity contribution is 0.102. The number of methoxy groups -OCH3 is 1. The molecule has 0 atom stereocenters. The molecule has 2 aromatic rings. The Hall–Kier alpha value is -1.93. The molecule has 0 fully saturated rings. The molecule has 0 aromatic heterocycles. The summed E-state index contributed by atoms with van der Waals surface area (Å²) >= 11 is 6.12. The van der Waals surface area contributed by atoms with Gasteiger partial charge in [0.15, 0.2) is 0 Å². The van der Waals surface area contributed by atoms with Gasteiger partial charge in [0.2, 0.25) is 10.0 Å². The van der Waals surface area contributed by atoms with Gasteiger partial charge >= 0.3 is 0 Å². The summed E-state index contributed by atoms with van der Waals surface area (Å²) in [5, 5.41) is 2.85. The van der Waals surface area contributed by atoms with E-state index in [0.29, 0.717) is 30.9 Å². The number of sulfonamides is 1. The van der Waals surface area contributed by atoms with Gasteiger partial charge in [-0.15, -0.1) is 0 Å². The first-order valence-corrected chi connectivity index (χ1v) is 10.3. The van der Waals surface area contributed by atoms with Crippen molar-refractivity contribution in [1.82, 2.24) is 4.31 Å². The molecule has 0 spiro atoms.